The van der Waals surface area contributed by atoms with E-state index in [0.717, 1.165) is 12.8 Å². The number of rotatable bonds is 17. The summed E-state index contributed by atoms with van der Waals surface area (Å²) in [7, 11) is 0. The molecule has 0 unspecified atom stereocenters. The molecule has 0 aliphatic heterocycles. The van der Waals surface area contributed by atoms with Crippen LogP contribution in [0.5, 0.6) is 0 Å². The standard InChI is InChI=1S/C21H41NO3.Na/c1-4-6-7-8-9-10-11-12-13-14-15-16-17-19(23)22-20(21(24)25)18(3)5-2;/h18,20H,4-17H2,1-3H3,(H,22,23)(H,24,25);/q;+1/p-1/t18-,20-;/m0./s1. The third-order valence-electron chi connectivity index (χ3n) is 5.04. The summed E-state index contributed by atoms with van der Waals surface area (Å²) in [6.07, 6.45) is 16.2. The molecule has 0 saturated heterocycles. The van der Waals surface area contributed by atoms with Crippen molar-refractivity contribution in [3.8, 4) is 0 Å². The van der Waals surface area contributed by atoms with Crippen LogP contribution in [0.25, 0.3) is 0 Å². The number of aliphatic carboxylic acids is 1. The molecule has 0 spiro atoms. The van der Waals surface area contributed by atoms with Crippen molar-refractivity contribution in [1.82, 2.24) is 5.32 Å². The van der Waals surface area contributed by atoms with Gasteiger partial charge < -0.3 is 15.2 Å². The zero-order valence-electron chi connectivity index (χ0n) is 17.8. The van der Waals surface area contributed by atoms with E-state index in [1.807, 2.05) is 13.8 Å². The summed E-state index contributed by atoms with van der Waals surface area (Å²) in [5.41, 5.74) is 0. The fourth-order valence-electron chi connectivity index (χ4n) is 3.04. The molecule has 0 aromatic heterocycles. The molecule has 0 aliphatic rings. The van der Waals surface area contributed by atoms with Crippen molar-refractivity contribution in [3.63, 3.8) is 0 Å². The van der Waals surface area contributed by atoms with Crippen LogP contribution in [0.15, 0.2) is 0 Å². The van der Waals surface area contributed by atoms with E-state index in [-0.39, 0.29) is 41.4 Å². The molecule has 0 aromatic carbocycles. The van der Waals surface area contributed by atoms with Gasteiger partial charge in [-0.1, -0.05) is 97.8 Å². The van der Waals surface area contributed by atoms with E-state index in [0.29, 0.717) is 12.8 Å². The van der Waals surface area contributed by atoms with Crippen molar-refractivity contribution in [3.05, 3.63) is 0 Å². The van der Waals surface area contributed by atoms with Gasteiger partial charge in [0.1, 0.15) is 0 Å². The smallest absolute Gasteiger partial charge is 0.548 e. The molecule has 0 saturated carbocycles. The average molecular weight is 378 g/mol. The van der Waals surface area contributed by atoms with E-state index < -0.39 is 12.0 Å². The van der Waals surface area contributed by atoms with Crippen molar-refractivity contribution in [2.45, 2.75) is 117 Å². The van der Waals surface area contributed by atoms with Crippen molar-refractivity contribution < 1.29 is 44.3 Å². The van der Waals surface area contributed by atoms with Crippen LogP contribution in [0.4, 0.5) is 0 Å². The molecule has 26 heavy (non-hydrogen) atoms. The van der Waals surface area contributed by atoms with Gasteiger partial charge in [-0.2, -0.15) is 0 Å². The fraction of sp³-hybridized carbons (Fsp3) is 0.905. The summed E-state index contributed by atoms with van der Waals surface area (Å²) in [5.74, 6) is -1.45. The molecule has 1 N–H and O–H groups in total. The molecular weight excluding hydrogens is 337 g/mol. The Bertz CT molecular complexity index is 350. The predicted octanol–water partition coefficient (Wildman–Crippen LogP) is 1.36. The van der Waals surface area contributed by atoms with Gasteiger partial charge in [-0.15, -0.1) is 0 Å². The number of hydrogen-bond acceptors (Lipinski definition) is 3. The van der Waals surface area contributed by atoms with Gasteiger partial charge >= 0.3 is 29.6 Å². The first-order chi connectivity index (χ1) is 12.0. The molecule has 4 nitrogen and oxygen atoms in total. The molecule has 148 valence electrons. The van der Waals surface area contributed by atoms with Gasteiger partial charge in [-0.3, -0.25) is 4.79 Å². The second-order valence-electron chi connectivity index (χ2n) is 7.39. The Morgan fingerprint density at radius 2 is 1.23 bits per heavy atom. The van der Waals surface area contributed by atoms with Crippen molar-refractivity contribution >= 4 is 11.9 Å². The number of hydrogen-bond donors (Lipinski definition) is 1. The van der Waals surface area contributed by atoms with Crippen molar-refractivity contribution in [1.29, 1.82) is 0 Å². The number of carbonyl (C=O) groups excluding carboxylic acids is 2. The molecule has 0 bridgehead atoms. The number of carbonyl (C=O) groups is 2. The van der Waals surface area contributed by atoms with E-state index in [2.05, 4.69) is 12.2 Å². The molecule has 0 rings (SSSR count). The molecule has 0 radical (unpaired) electrons. The Morgan fingerprint density at radius 3 is 1.62 bits per heavy atom. The van der Waals surface area contributed by atoms with Crippen LogP contribution in [0.2, 0.25) is 0 Å². The van der Waals surface area contributed by atoms with Crippen LogP contribution in [-0.2, 0) is 9.59 Å². The van der Waals surface area contributed by atoms with Gasteiger partial charge in [0.05, 0.1) is 12.0 Å². The summed E-state index contributed by atoms with van der Waals surface area (Å²) in [6, 6.07) is -0.866. The van der Waals surface area contributed by atoms with E-state index in [4.69, 9.17) is 0 Å². The molecule has 0 aromatic rings. The first-order valence-corrected chi connectivity index (χ1v) is 10.5. The maximum atomic E-state index is 11.9. The Balaban J connectivity index is 0. The SMILES string of the molecule is CCCCCCCCCCCCCCC(=O)N[C@H](C(=O)[O-])[C@@H](C)CC.[Na+]. The van der Waals surface area contributed by atoms with Crippen LogP contribution in [-0.4, -0.2) is 17.9 Å². The zero-order valence-corrected chi connectivity index (χ0v) is 19.8. The van der Waals surface area contributed by atoms with E-state index in [1.165, 1.54) is 64.2 Å². The minimum absolute atomic E-state index is 0. The van der Waals surface area contributed by atoms with Crippen LogP contribution >= 0.6 is 0 Å². The van der Waals surface area contributed by atoms with Crippen LogP contribution in [0.3, 0.4) is 0 Å². The largest absolute Gasteiger partial charge is 1.00 e. The topological polar surface area (TPSA) is 69.2 Å². The molecular formula is C21H40NNaO3. The Hall–Kier alpha value is -0.0600. The van der Waals surface area contributed by atoms with Gasteiger partial charge in [0, 0.05) is 6.42 Å². The minimum Gasteiger partial charge on any atom is -0.548 e. The number of nitrogens with one attached hydrogen (secondary N) is 1. The molecule has 0 aliphatic carbocycles. The minimum atomic E-state index is -1.18. The maximum Gasteiger partial charge on any atom is 1.00 e. The summed E-state index contributed by atoms with van der Waals surface area (Å²) in [4.78, 5) is 22.9. The van der Waals surface area contributed by atoms with Gasteiger partial charge in [-0.05, 0) is 12.3 Å². The zero-order chi connectivity index (χ0) is 18.9. The summed E-state index contributed by atoms with van der Waals surface area (Å²) in [6.45, 7) is 5.99. The molecule has 5 heteroatoms. The van der Waals surface area contributed by atoms with Crippen LogP contribution in [0, 0.1) is 5.92 Å². The predicted molar refractivity (Wildman–Crippen MR) is 102 cm³/mol. The second-order valence-corrected chi connectivity index (χ2v) is 7.39. The van der Waals surface area contributed by atoms with Gasteiger partial charge in [0.25, 0.3) is 0 Å². The summed E-state index contributed by atoms with van der Waals surface area (Å²) >= 11 is 0. The van der Waals surface area contributed by atoms with Crippen molar-refractivity contribution in [2.24, 2.45) is 5.92 Å². The van der Waals surface area contributed by atoms with E-state index in [9.17, 15) is 14.7 Å². The van der Waals surface area contributed by atoms with Crippen molar-refractivity contribution in [2.75, 3.05) is 0 Å². The number of carboxylic acid groups (broad SMARTS) is 1. The van der Waals surface area contributed by atoms with E-state index >= 15 is 0 Å². The Kier molecular flexibility index (Phi) is 21.3. The van der Waals surface area contributed by atoms with Crippen LogP contribution < -0.4 is 40.0 Å². The van der Waals surface area contributed by atoms with Gasteiger partial charge in [-0.25, -0.2) is 0 Å². The second kappa shape index (κ2) is 19.7. The molecule has 1 amide bonds. The number of unbranched alkanes of at least 4 members (excludes halogenated alkanes) is 11. The summed E-state index contributed by atoms with van der Waals surface area (Å²) in [5, 5.41) is 13.7. The molecule has 0 fully saturated rings. The first-order valence-electron chi connectivity index (χ1n) is 10.5. The Morgan fingerprint density at radius 1 is 0.808 bits per heavy atom. The molecule has 0 heterocycles. The monoisotopic (exact) mass is 377 g/mol. The number of carboxylic acids is 1. The summed E-state index contributed by atoms with van der Waals surface area (Å²) < 4.78 is 0. The molecule has 2 atom stereocenters. The van der Waals surface area contributed by atoms with Crippen LogP contribution in [0.1, 0.15) is 111 Å². The van der Waals surface area contributed by atoms with Gasteiger partial charge in [0.2, 0.25) is 5.91 Å². The first kappa shape index (κ1) is 28.2. The third kappa shape index (κ3) is 16.1. The number of amides is 1. The quantitative estimate of drug-likeness (QED) is 0.307. The Labute approximate surface area is 183 Å². The van der Waals surface area contributed by atoms with Gasteiger partial charge in [0.15, 0.2) is 0 Å². The average Bonchev–Trinajstić information content (AvgIpc) is 2.59. The fourth-order valence-corrected chi connectivity index (χ4v) is 3.04. The normalized spacial score (nSPS) is 12.9. The van der Waals surface area contributed by atoms with E-state index in [1.54, 1.807) is 0 Å². The maximum absolute atomic E-state index is 11.9. The third-order valence-corrected chi connectivity index (χ3v) is 5.04.